The zero-order valence-corrected chi connectivity index (χ0v) is 16.2. The number of hydrogen-bond acceptors (Lipinski definition) is 0. The molecule has 0 N–H and O–H groups in total. The average molecular weight is 309 g/mol. The molecule has 0 aliphatic heterocycles. The molecule has 2 aromatic rings. The van der Waals surface area contributed by atoms with Gasteiger partial charge >= 0.3 is 0 Å². The lowest BCUT2D eigenvalue weighted by Crippen LogP contribution is -2.17. The minimum Gasteiger partial charge on any atom is -0.0714 e. The molecule has 0 heterocycles. The minimum atomic E-state index is -0.796. The SMILES string of the molecule is Cc1cc2c(cc1C(C)(C)C)-c1c(C)cccc1C2[SiH](C)C. The Labute approximate surface area is 137 Å². The van der Waals surface area contributed by atoms with Crippen molar-refractivity contribution in [1.82, 2.24) is 0 Å². The van der Waals surface area contributed by atoms with Gasteiger partial charge in [0.1, 0.15) is 0 Å². The van der Waals surface area contributed by atoms with E-state index in [9.17, 15) is 0 Å². The lowest BCUT2D eigenvalue weighted by Gasteiger charge is -2.24. The summed E-state index contributed by atoms with van der Waals surface area (Å²) in [4.78, 5) is 0. The summed E-state index contributed by atoms with van der Waals surface area (Å²) < 4.78 is 0. The molecule has 116 valence electrons. The number of hydrogen-bond donors (Lipinski definition) is 0. The summed E-state index contributed by atoms with van der Waals surface area (Å²) in [6, 6.07) is 11.9. The molecule has 0 aromatic heterocycles. The van der Waals surface area contributed by atoms with Gasteiger partial charge in [-0.25, -0.2) is 0 Å². The van der Waals surface area contributed by atoms with Crippen LogP contribution in [0, 0.1) is 13.8 Å². The summed E-state index contributed by atoms with van der Waals surface area (Å²) >= 11 is 0. The van der Waals surface area contributed by atoms with E-state index in [1.807, 2.05) is 0 Å². The first-order valence-electron chi connectivity index (χ1n) is 8.46. The van der Waals surface area contributed by atoms with Gasteiger partial charge in [-0.2, -0.15) is 0 Å². The van der Waals surface area contributed by atoms with Crippen LogP contribution in [-0.2, 0) is 5.41 Å². The monoisotopic (exact) mass is 308 g/mol. The van der Waals surface area contributed by atoms with E-state index in [0.29, 0.717) is 5.54 Å². The van der Waals surface area contributed by atoms with Gasteiger partial charge in [-0.3, -0.25) is 0 Å². The molecule has 1 aliphatic rings. The van der Waals surface area contributed by atoms with Gasteiger partial charge in [0.25, 0.3) is 0 Å². The summed E-state index contributed by atoms with van der Waals surface area (Å²) in [5, 5.41) is 0. The lowest BCUT2D eigenvalue weighted by molar-refractivity contribution is 0.586. The van der Waals surface area contributed by atoms with Crippen molar-refractivity contribution >= 4 is 8.80 Å². The Balaban J connectivity index is 2.34. The first-order chi connectivity index (χ1) is 10.2. The van der Waals surface area contributed by atoms with Gasteiger partial charge in [0.05, 0.1) is 0 Å². The van der Waals surface area contributed by atoms with E-state index in [-0.39, 0.29) is 5.41 Å². The summed E-state index contributed by atoms with van der Waals surface area (Å²) in [5.41, 5.74) is 11.5. The predicted octanol–water partition coefficient (Wildman–Crippen LogP) is 5.74. The molecule has 0 radical (unpaired) electrons. The predicted molar refractivity (Wildman–Crippen MR) is 101 cm³/mol. The molecular weight excluding hydrogens is 280 g/mol. The summed E-state index contributed by atoms with van der Waals surface area (Å²) in [6.45, 7) is 16.5. The normalized spacial score (nSPS) is 16.8. The van der Waals surface area contributed by atoms with Crippen molar-refractivity contribution in [3.05, 3.63) is 58.1 Å². The Hall–Kier alpha value is -1.34. The molecule has 0 fully saturated rings. The Morgan fingerprint density at radius 3 is 2.18 bits per heavy atom. The second-order valence-electron chi connectivity index (χ2n) is 8.27. The van der Waals surface area contributed by atoms with Crippen molar-refractivity contribution in [3.63, 3.8) is 0 Å². The number of rotatable bonds is 1. The molecule has 22 heavy (non-hydrogen) atoms. The van der Waals surface area contributed by atoms with Crippen molar-refractivity contribution < 1.29 is 0 Å². The highest BCUT2D eigenvalue weighted by molar-refractivity contribution is 6.59. The fraction of sp³-hybridized carbons (Fsp3) is 0.429. The van der Waals surface area contributed by atoms with E-state index in [2.05, 4.69) is 78.0 Å². The third-order valence-electron chi connectivity index (χ3n) is 5.12. The molecule has 0 spiro atoms. The molecule has 1 atom stereocenters. The lowest BCUT2D eigenvalue weighted by atomic mass is 9.82. The fourth-order valence-electron chi connectivity index (χ4n) is 4.22. The first kappa shape index (κ1) is 15.5. The quantitative estimate of drug-likeness (QED) is 0.589. The van der Waals surface area contributed by atoms with Gasteiger partial charge in [0.15, 0.2) is 0 Å². The van der Waals surface area contributed by atoms with E-state index < -0.39 is 8.80 Å². The van der Waals surface area contributed by atoms with Crippen molar-refractivity contribution in [1.29, 1.82) is 0 Å². The van der Waals surface area contributed by atoms with Crippen LogP contribution in [0.3, 0.4) is 0 Å². The van der Waals surface area contributed by atoms with E-state index >= 15 is 0 Å². The zero-order chi connectivity index (χ0) is 16.2. The van der Waals surface area contributed by atoms with Crippen molar-refractivity contribution in [2.45, 2.75) is 58.7 Å². The summed E-state index contributed by atoms with van der Waals surface area (Å²) in [5.74, 6) is 0. The van der Waals surface area contributed by atoms with Crippen LogP contribution in [0.5, 0.6) is 0 Å². The zero-order valence-electron chi connectivity index (χ0n) is 15.0. The Kier molecular flexibility index (Phi) is 3.60. The van der Waals surface area contributed by atoms with Crippen LogP contribution in [0.1, 0.15) is 54.1 Å². The van der Waals surface area contributed by atoms with Crippen LogP contribution in [-0.4, -0.2) is 8.80 Å². The highest BCUT2D eigenvalue weighted by Crippen LogP contribution is 2.49. The molecular formula is C21H28Si. The van der Waals surface area contributed by atoms with Gasteiger partial charge in [0, 0.05) is 14.3 Å². The third kappa shape index (κ3) is 2.27. The van der Waals surface area contributed by atoms with E-state index in [4.69, 9.17) is 0 Å². The van der Waals surface area contributed by atoms with Crippen molar-refractivity contribution in [2.24, 2.45) is 0 Å². The number of aryl methyl sites for hydroxylation is 2. The third-order valence-corrected chi connectivity index (χ3v) is 7.17. The molecule has 1 unspecified atom stereocenters. The maximum atomic E-state index is 2.49. The Bertz CT molecular complexity index is 732. The van der Waals surface area contributed by atoms with Gasteiger partial charge in [-0.15, -0.1) is 0 Å². The highest BCUT2D eigenvalue weighted by Gasteiger charge is 2.33. The van der Waals surface area contributed by atoms with Crippen LogP contribution in [0.15, 0.2) is 30.3 Å². The standard InChI is InChI=1S/C21H28Si/c1-13-9-8-10-15-19(13)16-12-18(21(3,4)5)14(2)11-17(16)20(15)22(6)7/h8-12,20,22H,1-7H3. The van der Waals surface area contributed by atoms with E-state index in [0.717, 1.165) is 0 Å². The first-order valence-corrected chi connectivity index (χ1v) is 11.4. The van der Waals surface area contributed by atoms with Crippen LogP contribution in [0.25, 0.3) is 11.1 Å². The second-order valence-corrected chi connectivity index (χ2v) is 11.4. The molecule has 1 heteroatoms. The number of fused-ring (bicyclic) bond motifs is 3. The van der Waals surface area contributed by atoms with Crippen LogP contribution < -0.4 is 0 Å². The summed E-state index contributed by atoms with van der Waals surface area (Å²) in [7, 11) is -0.796. The fourth-order valence-corrected chi connectivity index (χ4v) is 6.21. The van der Waals surface area contributed by atoms with E-state index in [1.165, 1.54) is 27.8 Å². The van der Waals surface area contributed by atoms with Crippen molar-refractivity contribution in [2.75, 3.05) is 0 Å². The summed E-state index contributed by atoms with van der Waals surface area (Å²) in [6.07, 6.45) is 0. The van der Waals surface area contributed by atoms with Gasteiger partial charge in [-0.1, -0.05) is 64.2 Å². The topological polar surface area (TPSA) is 0 Å². The molecule has 0 saturated carbocycles. The van der Waals surface area contributed by atoms with E-state index in [1.54, 1.807) is 11.1 Å². The smallest absolute Gasteiger partial charge is 0.0444 e. The maximum absolute atomic E-state index is 2.49. The van der Waals surface area contributed by atoms with Crippen molar-refractivity contribution in [3.8, 4) is 11.1 Å². The minimum absolute atomic E-state index is 0.204. The van der Waals surface area contributed by atoms with Crippen LogP contribution in [0.2, 0.25) is 13.1 Å². The average Bonchev–Trinajstić information content (AvgIpc) is 2.70. The van der Waals surface area contributed by atoms with Gasteiger partial charge in [-0.05, 0) is 58.2 Å². The Morgan fingerprint density at radius 2 is 1.59 bits per heavy atom. The van der Waals surface area contributed by atoms with Crippen LogP contribution in [0.4, 0.5) is 0 Å². The molecule has 0 amide bonds. The molecule has 0 saturated heterocycles. The molecule has 0 bridgehead atoms. The van der Waals surface area contributed by atoms with Gasteiger partial charge < -0.3 is 0 Å². The Morgan fingerprint density at radius 1 is 0.909 bits per heavy atom. The molecule has 3 rings (SSSR count). The largest absolute Gasteiger partial charge is 0.0714 e. The maximum Gasteiger partial charge on any atom is 0.0444 e. The molecule has 1 aliphatic carbocycles. The second kappa shape index (κ2) is 5.09. The molecule has 0 nitrogen and oxygen atoms in total. The number of benzene rings is 2. The molecule has 2 aromatic carbocycles. The highest BCUT2D eigenvalue weighted by atomic mass is 28.3. The van der Waals surface area contributed by atoms with Crippen LogP contribution >= 0.6 is 0 Å². The van der Waals surface area contributed by atoms with Gasteiger partial charge in [0.2, 0.25) is 0 Å².